The number of hydrogen-bond acceptors (Lipinski definition) is 5. The second-order valence-corrected chi connectivity index (χ2v) is 7.07. The van der Waals surface area contributed by atoms with E-state index in [2.05, 4.69) is 23.3 Å². The summed E-state index contributed by atoms with van der Waals surface area (Å²) in [5.41, 5.74) is 1.30. The third kappa shape index (κ3) is 3.88. The minimum atomic E-state index is -0.589. The van der Waals surface area contributed by atoms with Gasteiger partial charge >= 0.3 is 0 Å². The second kappa shape index (κ2) is 7.51. The lowest BCUT2D eigenvalue weighted by Gasteiger charge is -2.36. The summed E-state index contributed by atoms with van der Waals surface area (Å²) < 4.78 is 24.3. The minimum absolute atomic E-state index is 0.315. The SMILES string of the molecule is COc1cc(F)ccc1O[C@@H]1CCN(Cc2sccc2C)C[C@H]1O. The number of ether oxygens (including phenoxy) is 2. The number of benzene rings is 1. The Bertz CT molecular complexity index is 691. The predicted octanol–water partition coefficient (Wildman–Crippen LogP) is 3.22. The molecule has 0 unspecified atom stereocenters. The molecule has 1 N–H and O–H groups in total. The molecule has 0 amide bonds. The molecule has 0 aliphatic carbocycles. The number of aryl methyl sites for hydroxylation is 1. The van der Waals surface area contributed by atoms with Crippen molar-refractivity contribution in [1.82, 2.24) is 4.90 Å². The van der Waals surface area contributed by atoms with Crippen LogP contribution >= 0.6 is 11.3 Å². The zero-order valence-corrected chi connectivity index (χ0v) is 14.7. The number of aliphatic hydroxyl groups is 1. The molecule has 2 heterocycles. The Morgan fingerprint density at radius 3 is 2.83 bits per heavy atom. The molecule has 0 spiro atoms. The van der Waals surface area contributed by atoms with Crippen LogP contribution in [0.25, 0.3) is 0 Å². The summed E-state index contributed by atoms with van der Waals surface area (Å²) in [5.74, 6) is 0.435. The summed E-state index contributed by atoms with van der Waals surface area (Å²) >= 11 is 1.75. The van der Waals surface area contributed by atoms with Gasteiger partial charge in [0.15, 0.2) is 11.5 Å². The molecular formula is C18H22FNO3S. The summed E-state index contributed by atoms with van der Waals surface area (Å²) in [4.78, 5) is 3.58. The molecule has 0 saturated carbocycles. The fraction of sp³-hybridized carbons (Fsp3) is 0.444. The van der Waals surface area contributed by atoms with Crippen LogP contribution in [-0.2, 0) is 6.54 Å². The summed E-state index contributed by atoms with van der Waals surface area (Å²) in [6.07, 6.45) is -0.189. The van der Waals surface area contributed by atoms with Crippen molar-refractivity contribution in [3.05, 3.63) is 45.9 Å². The highest BCUT2D eigenvalue weighted by Gasteiger charge is 2.30. The summed E-state index contributed by atoms with van der Waals surface area (Å²) in [5, 5.41) is 12.5. The average Bonchev–Trinajstić information content (AvgIpc) is 2.96. The molecule has 4 nitrogen and oxygen atoms in total. The maximum absolute atomic E-state index is 13.3. The van der Waals surface area contributed by atoms with Crippen LogP contribution in [0, 0.1) is 12.7 Å². The quantitative estimate of drug-likeness (QED) is 0.898. The number of likely N-dealkylation sites (tertiary alicyclic amines) is 1. The molecule has 130 valence electrons. The van der Waals surface area contributed by atoms with Crippen molar-refractivity contribution >= 4 is 11.3 Å². The molecule has 1 aliphatic rings. The van der Waals surface area contributed by atoms with Crippen LogP contribution in [-0.4, -0.2) is 42.4 Å². The Hall–Kier alpha value is -1.63. The first-order chi connectivity index (χ1) is 11.6. The van der Waals surface area contributed by atoms with Crippen LogP contribution in [0.2, 0.25) is 0 Å². The van der Waals surface area contributed by atoms with Gasteiger partial charge in [0.1, 0.15) is 18.0 Å². The van der Waals surface area contributed by atoms with Crippen molar-refractivity contribution in [2.24, 2.45) is 0 Å². The Kier molecular flexibility index (Phi) is 5.38. The summed E-state index contributed by atoms with van der Waals surface area (Å²) in [6.45, 7) is 4.38. The zero-order chi connectivity index (χ0) is 17.1. The molecule has 2 atom stereocenters. The van der Waals surface area contributed by atoms with Gasteiger partial charge in [0.25, 0.3) is 0 Å². The third-order valence-electron chi connectivity index (χ3n) is 4.34. The fourth-order valence-corrected chi connectivity index (χ4v) is 3.88. The highest BCUT2D eigenvalue weighted by atomic mass is 32.1. The predicted molar refractivity (Wildman–Crippen MR) is 92.3 cm³/mol. The number of piperidine rings is 1. The van der Waals surface area contributed by atoms with Gasteiger partial charge in [0, 0.05) is 30.6 Å². The third-order valence-corrected chi connectivity index (χ3v) is 5.35. The lowest BCUT2D eigenvalue weighted by atomic mass is 10.0. The van der Waals surface area contributed by atoms with Crippen molar-refractivity contribution in [1.29, 1.82) is 0 Å². The number of rotatable bonds is 5. The molecular weight excluding hydrogens is 329 g/mol. The van der Waals surface area contributed by atoms with Gasteiger partial charge in [-0.15, -0.1) is 11.3 Å². The Morgan fingerprint density at radius 2 is 2.17 bits per heavy atom. The number of hydrogen-bond donors (Lipinski definition) is 1. The summed E-state index contributed by atoms with van der Waals surface area (Å²) in [6, 6.07) is 6.28. The number of nitrogens with zero attached hydrogens (tertiary/aromatic N) is 1. The first-order valence-electron chi connectivity index (χ1n) is 8.00. The fourth-order valence-electron chi connectivity index (χ4n) is 2.93. The number of thiophene rings is 1. The second-order valence-electron chi connectivity index (χ2n) is 6.07. The Morgan fingerprint density at radius 1 is 1.33 bits per heavy atom. The molecule has 1 aliphatic heterocycles. The normalized spacial score (nSPS) is 21.7. The van der Waals surface area contributed by atoms with E-state index in [1.807, 2.05) is 0 Å². The van der Waals surface area contributed by atoms with Crippen LogP contribution < -0.4 is 9.47 Å². The van der Waals surface area contributed by atoms with E-state index in [-0.39, 0.29) is 11.9 Å². The molecule has 0 radical (unpaired) electrons. The Labute approximate surface area is 145 Å². The van der Waals surface area contributed by atoms with Crippen LogP contribution in [0.5, 0.6) is 11.5 Å². The van der Waals surface area contributed by atoms with Crippen LogP contribution in [0.4, 0.5) is 4.39 Å². The van der Waals surface area contributed by atoms with Gasteiger partial charge in [0.05, 0.1) is 7.11 Å². The van der Waals surface area contributed by atoms with Gasteiger partial charge in [-0.2, -0.15) is 0 Å². The van der Waals surface area contributed by atoms with Gasteiger partial charge in [-0.1, -0.05) is 0 Å². The number of halogens is 1. The number of aliphatic hydroxyl groups excluding tert-OH is 1. The van der Waals surface area contributed by atoms with Gasteiger partial charge in [-0.3, -0.25) is 4.90 Å². The molecule has 1 fully saturated rings. The van der Waals surface area contributed by atoms with E-state index in [0.29, 0.717) is 24.5 Å². The van der Waals surface area contributed by atoms with Gasteiger partial charge in [-0.25, -0.2) is 4.39 Å². The van der Waals surface area contributed by atoms with Gasteiger partial charge in [0.2, 0.25) is 0 Å². The molecule has 0 bridgehead atoms. The topological polar surface area (TPSA) is 41.9 Å². The first-order valence-corrected chi connectivity index (χ1v) is 8.88. The van der Waals surface area contributed by atoms with E-state index >= 15 is 0 Å². The van der Waals surface area contributed by atoms with E-state index in [0.717, 1.165) is 13.1 Å². The smallest absolute Gasteiger partial charge is 0.163 e. The highest BCUT2D eigenvalue weighted by Crippen LogP contribution is 2.30. The molecule has 1 aromatic heterocycles. The minimum Gasteiger partial charge on any atom is -0.493 e. The van der Waals surface area contributed by atoms with Crippen LogP contribution in [0.3, 0.4) is 0 Å². The molecule has 3 rings (SSSR count). The number of methoxy groups -OCH3 is 1. The van der Waals surface area contributed by atoms with E-state index in [9.17, 15) is 9.50 Å². The lowest BCUT2D eigenvalue weighted by Crippen LogP contribution is -2.48. The van der Waals surface area contributed by atoms with Gasteiger partial charge in [-0.05, 0) is 42.5 Å². The van der Waals surface area contributed by atoms with Crippen LogP contribution in [0.15, 0.2) is 29.6 Å². The van der Waals surface area contributed by atoms with Crippen LogP contribution in [0.1, 0.15) is 16.9 Å². The monoisotopic (exact) mass is 351 g/mol. The van der Waals surface area contributed by atoms with E-state index in [1.54, 1.807) is 17.4 Å². The maximum atomic E-state index is 13.3. The molecule has 24 heavy (non-hydrogen) atoms. The molecule has 6 heteroatoms. The van der Waals surface area contributed by atoms with Crippen molar-refractivity contribution in [3.63, 3.8) is 0 Å². The largest absolute Gasteiger partial charge is 0.493 e. The van der Waals surface area contributed by atoms with Crippen molar-refractivity contribution in [2.75, 3.05) is 20.2 Å². The standard InChI is InChI=1S/C18H22FNO3S/c1-12-6-8-24-18(12)11-20-7-5-15(14(21)10-20)23-16-4-3-13(19)9-17(16)22-2/h3-4,6,8-9,14-15,21H,5,7,10-11H2,1-2H3/t14-,15-/m1/s1. The molecule has 1 saturated heterocycles. The Balaban J connectivity index is 1.61. The zero-order valence-electron chi connectivity index (χ0n) is 13.9. The number of β-amino-alcohol motifs (C(OH)–C–C–N with tert-alkyl or cyclic N) is 1. The van der Waals surface area contributed by atoms with Crippen molar-refractivity contribution in [3.8, 4) is 11.5 Å². The van der Waals surface area contributed by atoms with Crippen molar-refractivity contribution in [2.45, 2.75) is 32.1 Å². The first kappa shape index (κ1) is 17.2. The van der Waals surface area contributed by atoms with E-state index in [4.69, 9.17) is 9.47 Å². The molecule has 2 aromatic rings. The van der Waals surface area contributed by atoms with Gasteiger partial charge < -0.3 is 14.6 Å². The molecule has 1 aromatic carbocycles. The van der Waals surface area contributed by atoms with E-state index in [1.165, 1.54) is 29.7 Å². The highest BCUT2D eigenvalue weighted by molar-refractivity contribution is 7.10. The average molecular weight is 351 g/mol. The van der Waals surface area contributed by atoms with E-state index < -0.39 is 6.10 Å². The lowest BCUT2D eigenvalue weighted by molar-refractivity contribution is -0.0281. The van der Waals surface area contributed by atoms with Crippen molar-refractivity contribution < 1.29 is 19.0 Å². The summed E-state index contributed by atoms with van der Waals surface area (Å²) in [7, 11) is 1.48. The maximum Gasteiger partial charge on any atom is 0.163 e.